The molecule has 3 aromatic rings. The molecule has 0 saturated carbocycles. The molecule has 0 aliphatic heterocycles. The Labute approximate surface area is 162 Å². The summed E-state index contributed by atoms with van der Waals surface area (Å²) < 4.78 is 0. The third-order valence-corrected chi connectivity index (χ3v) is 3.77. The Balaban J connectivity index is 1.81. The molecule has 0 spiro atoms. The van der Waals surface area contributed by atoms with E-state index < -0.39 is 9.85 Å². The van der Waals surface area contributed by atoms with E-state index in [9.17, 15) is 20.2 Å². The first-order valence-corrected chi connectivity index (χ1v) is 8.10. The molecular formula is C16H12ClN7O4. The number of aromatic nitrogens is 2. The Morgan fingerprint density at radius 2 is 1.39 bits per heavy atom. The summed E-state index contributed by atoms with van der Waals surface area (Å²) in [5.74, 6) is -0.106. The van der Waals surface area contributed by atoms with Crippen LogP contribution >= 0.6 is 11.6 Å². The summed E-state index contributed by atoms with van der Waals surface area (Å²) in [6.45, 7) is 0. The van der Waals surface area contributed by atoms with Crippen molar-refractivity contribution >= 4 is 46.0 Å². The van der Waals surface area contributed by atoms with Gasteiger partial charge in [0.15, 0.2) is 0 Å². The lowest BCUT2D eigenvalue weighted by Crippen LogP contribution is -2.13. The molecule has 0 fully saturated rings. The van der Waals surface area contributed by atoms with Gasteiger partial charge in [-0.05, 0) is 36.4 Å². The molecule has 0 radical (unpaired) electrons. The average molecular weight is 402 g/mol. The van der Waals surface area contributed by atoms with Crippen LogP contribution in [0.15, 0.2) is 54.9 Å². The minimum Gasteiger partial charge on any atom is -0.334 e. The van der Waals surface area contributed by atoms with Crippen molar-refractivity contribution in [3.63, 3.8) is 0 Å². The minimum atomic E-state index is -0.627. The summed E-state index contributed by atoms with van der Waals surface area (Å²) in [5, 5.41) is 25.6. The fraction of sp³-hybridized carbons (Fsp3) is 0. The van der Waals surface area contributed by atoms with Gasteiger partial charge in [0.1, 0.15) is 6.33 Å². The first kappa shape index (κ1) is 18.8. The van der Waals surface area contributed by atoms with E-state index in [1.807, 2.05) is 0 Å². The molecule has 0 atom stereocenters. The predicted octanol–water partition coefficient (Wildman–Crippen LogP) is 4.13. The largest absolute Gasteiger partial charge is 0.355 e. The SMILES string of the molecule is O=[N+]([O-])c1ccc(NNc2ncnc(Nc3ccc(Cl)cc3)c2[N+](=O)[O-])cc1. The smallest absolute Gasteiger partial charge is 0.334 e. The number of nitro groups is 2. The van der Waals surface area contributed by atoms with E-state index in [1.165, 1.54) is 24.3 Å². The molecule has 0 aliphatic rings. The normalized spacial score (nSPS) is 10.2. The zero-order chi connectivity index (χ0) is 20.1. The number of halogens is 1. The molecule has 2 aromatic carbocycles. The number of nitro benzene ring substituents is 1. The molecule has 0 bridgehead atoms. The van der Waals surface area contributed by atoms with Crippen LogP contribution in [0.25, 0.3) is 0 Å². The highest BCUT2D eigenvalue weighted by molar-refractivity contribution is 6.30. The second-order valence-corrected chi connectivity index (χ2v) is 5.80. The van der Waals surface area contributed by atoms with Crippen molar-refractivity contribution in [1.29, 1.82) is 0 Å². The second-order valence-electron chi connectivity index (χ2n) is 5.36. The van der Waals surface area contributed by atoms with Crippen LogP contribution in [0.2, 0.25) is 5.02 Å². The fourth-order valence-electron chi connectivity index (χ4n) is 2.20. The number of non-ortho nitro benzene ring substituents is 1. The lowest BCUT2D eigenvalue weighted by atomic mass is 10.3. The number of rotatable bonds is 7. The Hall–Kier alpha value is -3.99. The highest BCUT2D eigenvalue weighted by Crippen LogP contribution is 2.31. The molecule has 142 valence electrons. The summed E-state index contributed by atoms with van der Waals surface area (Å²) in [5.41, 5.74) is 5.88. The monoisotopic (exact) mass is 401 g/mol. The van der Waals surface area contributed by atoms with Crippen LogP contribution in [0, 0.1) is 20.2 Å². The van der Waals surface area contributed by atoms with Crippen LogP contribution in [0.3, 0.4) is 0 Å². The minimum absolute atomic E-state index is 0.0182. The van der Waals surface area contributed by atoms with Crippen molar-refractivity contribution < 1.29 is 9.85 Å². The maximum absolute atomic E-state index is 11.5. The Morgan fingerprint density at radius 1 is 0.786 bits per heavy atom. The van der Waals surface area contributed by atoms with Gasteiger partial charge in [-0.25, -0.2) is 9.97 Å². The van der Waals surface area contributed by atoms with Crippen molar-refractivity contribution in [2.24, 2.45) is 0 Å². The number of anilines is 4. The molecule has 3 rings (SSSR count). The third kappa shape index (κ3) is 4.40. The molecule has 0 amide bonds. The Kier molecular flexibility index (Phi) is 5.46. The first-order chi connectivity index (χ1) is 13.4. The van der Waals surface area contributed by atoms with Gasteiger partial charge in [0.25, 0.3) is 5.69 Å². The highest BCUT2D eigenvalue weighted by atomic mass is 35.5. The molecule has 1 heterocycles. The van der Waals surface area contributed by atoms with Gasteiger partial charge in [-0.15, -0.1) is 0 Å². The van der Waals surface area contributed by atoms with E-state index in [1.54, 1.807) is 24.3 Å². The molecule has 12 heteroatoms. The maximum Gasteiger partial charge on any atom is 0.355 e. The summed E-state index contributed by atoms with van der Waals surface area (Å²) in [6, 6.07) is 12.1. The van der Waals surface area contributed by atoms with Gasteiger partial charge in [-0.1, -0.05) is 11.6 Å². The summed E-state index contributed by atoms with van der Waals surface area (Å²) >= 11 is 5.83. The maximum atomic E-state index is 11.5. The highest BCUT2D eigenvalue weighted by Gasteiger charge is 2.23. The van der Waals surface area contributed by atoms with E-state index in [2.05, 4.69) is 26.1 Å². The van der Waals surface area contributed by atoms with Crippen molar-refractivity contribution in [3.05, 3.63) is 80.1 Å². The van der Waals surface area contributed by atoms with Crippen LogP contribution in [-0.2, 0) is 0 Å². The zero-order valence-corrected chi connectivity index (χ0v) is 14.8. The average Bonchev–Trinajstić information content (AvgIpc) is 2.68. The number of nitrogens with zero attached hydrogens (tertiary/aromatic N) is 4. The van der Waals surface area contributed by atoms with Crippen molar-refractivity contribution in [2.75, 3.05) is 16.2 Å². The molecule has 0 saturated heterocycles. The number of hydrazine groups is 1. The quantitative estimate of drug-likeness (QED) is 0.392. The number of hydrogen-bond donors (Lipinski definition) is 3. The topological polar surface area (TPSA) is 148 Å². The molecule has 1 aromatic heterocycles. The summed E-state index contributed by atoms with van der Waals surface area (Å²) in [7, 11) is 0. The van der Waals surface area contributed by atoms with Gasteiger partial charge in [0, 0.05) is 22.8 Å². The van der Waals surface area contributed by atoms with E-state index >= 15 is 0 Å². The van der Waals surface area contributed by atoms with Gasteiger partial charge in [-0.2, -0.15) is 0 Å². The van der Waals surface area contributed by atoms with E-state index in [-0.39, 0.29) is 23.0 Å². The number of nitrogens with one attached hydrogen (secondary N) is 3. The summed E-state index contributed by atoms with van der Waals surface area (Å²) in [4.78, 5) is 28.9. The first-order valence-electron chi connectivity index (χ1n) is 7.72. The lowest BCUT2D eigenvalue weighted by Gasteiger charge is -2.11. The molecule has 0 aliphatic carbocycles. The van der Waals surface area contributed by atoms with Crippen molar-refractivity contribution in [2.45, 2.75) is 0 Å². The molecule has 0 unspecified atom stereocenters. The third-order valence-electron chi connectivity index (χ3n) is 3.52. The molecule has 11 nitrogen and oxygen atoms in total. The van der Waals surface area contributed by atoms with Crippen molar-refractivity contribution in [3.8, 4) is 0 Å². The molecular weight excluding hydrogens is 390 g/mol. The zero-order valence-electron chi connectivity index (χ0n) is 14.0. The van der Waals surface area contributed by atoms with Crippen LogP contribution < -0.4 is 16.2 Å². The Morgan fingerprint density at radius 3 is 2.00 bits per heavy atom. The van der Waals surface area contributed by atoms with Crippen molar-refractivity contribution in [1.82, 2.24) is 9.97 Å². The number of hydrogen-bond acceptors (Lipinski definition) is 9. The fourth-order valence-corrected chi connectivity index (χ4v) is 2.33. The van der Waals surface area contributed by atoms with Gasteiger partial charge < -0.3 is 5.32 Å². The van der Waals surface area contributed by atoms with Crippen LogP contribution in [-0.4, -0.2) is 19.8 Å². The standard InChI is InChI=1S/C16H12ClN7O4/c17-10-1-3-11(4-2-10)20-15-14(24(27)28)16(19-9-18-15)22-21-12-5-7-13(8-6-12)23(25)26/h1-9,21H,(H2,18,19,20,22). The van der Waals surface area contributed by atoms with Crippen LogP contribution in [0.1, 0.15) is 0 Å². The van der Waals surface area contributed by atoms with E-state index in [0.29, 0.717) is 16.4 Å². The predicted molar refractivity (Wildman–Crippen MR) is 104 cm³/mol. The lowest BCUT2D eigenvalue weighted by molar-refractivity contribution is -0.384. The second kappa shape index (κ2) is 8.14. The molecule has 28 heavy (non-hydrogen) atoms. The van der Waals surface area contributed by atoms with Gasteiger partial charge in [0.2, 0.25) is 11.6 Å². The molecule has 3 N–H and O–H groups in total. The van der Waals surface area contributed by atoms with Gasteiger partial charge in [0.05, 0.1) is 15.5 Å². The summed E-state index contributed by atoms with van der Waals surface area (Å²) in [6.07, 6.45) is 1.16. The number of benzene rings is 2. The van der Waals surface area contributed by atoms with Gasteiger partial charge in [-0.3, -0.25) is 31.1 Å². The van der Waals surface area contributed by atoms with E-state index in [0.717, 1.165) is 6.33 Å². The van der Waals surface area contributed by atoms with Crippen LogP contribution in [0.4, 0.5) is 34.4 Å². The van der Waals surface area contributed by atoms with Crippen LogP contribution in [0.5, 0.6) is 0 Å². The van der Waals surface area contributed by atoms with E-state index in [4.69, 9.17) is 11.6 Å². The Bertz CT molecular complexity index is 1010. The van der Waals surface area contributed by atoms with Gasteiger partial charge >= 0.3 is 5.69 Å².